The monoisotopic (exact) mass is 195 g/mol. The molecule has 1 rings (SSSR count). The van der Waals surface area contributed by atoms with Gasteiger partial charge in [0.2, 0.25) is 0 Å². The van der Waals surface area contributed by atoms with Crippen molar-refractivity contribution in [2.24, 2.45) is 17.6 Å². The molecule has 3 heteroatoms. The molecule has 1 aromatic heterocycles. The number of hydrogen-bond acceptors (Lipinski definition) is 2. The van der Waals surface area contributed by atoms with Gasteiger partial charge in [-0.15, -0.1) is 0 Å². The molecule has 80 valence electrons. The van der Waals surface area contributed by atoms with Gasteiger partial charge < -0.3 is 16.0 Å². The van der Waals surface area contributed by atoms with Gasteiger partial charge in [0, 0.05) is 11.9 Å². The Labute approximate surface area is 86.1 Å². The van der Waals surface area contributed by atoms with Crippen LogP contribution in [0.15, 0.2) is 18.3 Å². The molecule has 0 amide bonds. The number of nitrogens with one attached hydrogen (secondary N) is 2. The van der Waals surface area contributed by atoms with E-state index in [0.717, 1.165) is 0 Å². The first-order valence-electron chi connectivity index (χ1n) is 5.21. The largest absolute Gasteiger partial charge is 0.364 e. The number of hydrogen-bond donors (Lipinski definition) is 3. The minimum absolute atomic E-state index is 0.329. The van der Waals surface area contributed by atoms with Gasteiger partial charge in [-0.2, -0.15) is 0 Å². The van der Waals surface area contributed by atoms with Crippen molar-refractivity contribution in [3.63, 3.8) is 0 Å². The summed E-state index contributed by atoms with van der Waals surface area (Å²) in [5.74, 6) is 1.05. The zero-order chi connectivity index (χ0) is 10.6. The van der Waals surface area contributed by atoms with E-state index < -0.39 is 0 Å². The van der Waals surface area contributed by atoms with E-state index in [1.807, 2.05) is 19.3 Å². The second-order valence-corrected chi connectivity index (χ2v) is 4.04. The third kappa shape index (κ3) is 2.36. The van der Waals surface area contributed by atoms with Gasteiger partial charge in [-0.25, -0.2) is 0 Å². The van der Waals surface area contributed by atoms with Crippen LogP contribution in [0.2, 0.25) is 0 Å². The molecule has 0 saturated carbocycles. The minimum atomic E-state index is 0.329. The standard InChI is InChI=1S/C11H21N3/c1-8(2)9(7-12)11(13-3)10-5-4-6-14-10/h4-6,8-9,11,13-14H,7,12H2,1-3H3. The van der Waals surface area contributed by atoms with Crippen LogP contribution in [-0.2, 0) is 0 Å². The Hall–Kier alpha value is -0.800. The van der Waals surface area contributed by atoms with E-state index in [1.165, 1.54) is 5.69 Å². The fourth-order valence-corrected chi connectivity index (χ4v) is 1.93. The molecule has 0 radical (unpaired) electrons. The SMILES string of the molecule is CNC(c1ccc[nH]1)C(CN)C(C)C. The lowest BCUT2D eigenvalue weighted by Crippen LogP contribution is -2.34. The Kier molecular flexibility index (Phi) is 4.17. The molecule has 14 heavy (non-hydrogen) atoms. The minimum Gasteiger partial charge on any atom is -0.364 e. The van der Waals surface area contributed by atoms with Crippen molar-refractivity contribution < 1.29 is 0 Å². The van der Waals surface area contributed by atoms with Crippen LogP contribution >= 0.6 is 0 Å². The molecule has 0 fully saturated rings. The highest BCUT2D eigenvalue weighted by Gasteiger charge is 2.23. The highest BCUT2D eigenvalue weighted by Crippen LogP contribution is 2.25. The summed E-state index contributed by atoms with van der Waals surface area (Å²) in [4.78, 5) is 3.24. The van der Waals surface area contributed by atoms with E-state index in [9.17, 15) is 0 Å². The summed E-state index contributed by atoms with van der Waals surface area (Å²) >= 11 is 0. The fraction of sp³-hybridized carbons (Fsp3) is 0.636. The predicted molar refractivity (Wildman–Crippen MR) is 60.0 cm³/mol. The summed E-state index contributed by atoms with van der Waals surface area (Å²) in [6, 6.07) is 4.45. The fourth-order valence-electron chi connectivity index (χ4n) is 1.93. The van der Waals surface area contributed by atoms with Gasteiger partial charge in [-0.3, -0.25) is 0 Å². The molecule has 0 aliphatic heterocycles. The number of H-pyrrole nitrogens is 1. The smallest absolute Gasteiger partial charge is 0.0513 e. The second-order valence-electron chi connectivity index (χ2n) is 4.04. The topological polar surface area (TPSA) is 53.8 Å². The van der Waals surface area contributed by atoms with Crippen LogP contribution in [0.3, 0.4) is 0 Å². The summed E-state index contributed by atoms with van der Waals surface area (Å²) < 4.78 is 0. The molecular weight excluding hydrogens is 174 g/mol. The van der Waals surface area contributed by atoms with Crippen LogP contribution in [-0.4, -0.2) is 18.6 Å². The molecule has 3 nitrogen and oxygen atoms in total. The number of aromatic amines is 1. The van der Waals surface area contributed by atoms with Crippen molar-refractivity contribution in [1.29, 1.82) is 0 Å². The van der Waals surface area contributed by atoms with Crippen LogP contribution in [0, 0.1) is 11.8 Å². The lowest BCUT2D eigenvalue weighted by atomic mass is 9.87. The van der Waals surface area contributed by atoms with Crippen molar-refractivity contribution >= 4 is 0 Å². The summed E-state index contributed by atoms with van der Waals surface area (Å²) in [6.07, 6.45) is 1.95. The Bertz CT molecular complexity index is 241. The van der Waals surface area contributed by atoms with Crippen LogP contribution < -0.4 is 11.1 Å². The Morgan fingerprint density at radius 1 is 1.50 bits per heavy atom. The van der Waals surface area contributed by atoms with Gasteiger partial charge in [0.15, 0.2) is 0 Å². The molecule has 1 heterocycles. The van der Waals surface area contributed by atoms with E-state index in [4.69, 9.17) is 5.73 Å². The van der Waals surface area contributed by atoms with Crippen molar-refractivity contribution in [1.82, 2.24) is 10.3 Å². The summed E-state index contributed by atoms with van der Waals surface area (Å²) in [5.41, 5.74) is 7.02. The molecule has 0 aliphatic carbocycles. The van der Waals surface area contributed by atoms with Crippen LogP contribution in [0.1, 0.15) is 25.6 Å². The third-order valence-corrected chi connectivity index (χ3v) is 2.82. The van der Waals surface area contributed by atoms with Crippen LogP contribution in [0.4, 0.5) is 0 Å². The maximum Gasteiger partial charge on any atom is 0.0513 e. The highest BCUT2D eigenvalue weighted by molar-refractivity contribution is 5.10. The molecule has 2 unspecified atom stereocenters. The molecule has 4 N–H and O–H groups in total. The van der Waals surface area contributed by atoms with Crippen molar-refractivity contribution in [3.8, 4) is 0 Å². The summed E-state index contributed by atoms with van der Waals surface area (Å²) in [5, 5.41) is 3.33. The van der Waals surface area contributed by atoms with Gasteiger partial charge in [0.05, 0.1) is 6.04 Å². The Morgan fingerprint density at radius 3 is 2.57 bits per heavy atom. The maximum absolute atomic E-state index is 5.80. The summed E-state index contributed by atoms with van der Waals surface area (Å²) in [6.45, 7) is 5.14. The van der Waals surface area contributed by atoms with Gasteiger partial charge >= 0.3 is 0 Å². The number of aromatic nitrogens is 1. The number of nitrogens with two attached hydrogens (primary N) is 1. The van der Waals surface area contributed by atoms with E-state index >= 15 is 0 Å². The zero-order valence-electron chi connectivity index (χ0n) is 9.25. The van der Waals surface area contributed by atoms with Crippen molar-refractivity contribution in [2.45, 2.75) is 19.9 Å². The Balaban J connectivity index is 2.79. The van der Waals surface area contributed by atoms with E-state index in [2.05, 4.69) is 30.2 Å². The maximum atomic E-state index is 5.80. The molecule has 2 atom stereocenters. The molecule has 0 aliphatic rings. The normalized spacial score (nSPS) is 15.8. The lowest BCUT2D eigenvalue weighted by molar-refractivity contribution is 0.295. The van der Waals surface area contributed by atoms with E-state index in [0.29, 0.717) is 24.4 Å². The average Bonchev–Trinajstić information content (AvgIpc) is 2.65. The van der Waals surface area contributed by atoms with Crippen molar-refractivity contribution in [3.05, 3.63) is 24.0 Å². The van der Waals surface area contributed by atoms with Crippen molar-refractivity contribution in [2.75, 3.05) is 13.6 Å². The zero-order valence-corrected chi connectivity index (χ0v) is 9.25. The quantitative estimate of drug-likeness (QED) is 0.667. The lowest BCUT2D eigenvalue weighted by Gasteiger charge is -2.28. The molecule has 0 spiro atoms. The predicted octanol–water partition coefficient (Wildman–Crippen LogP) is 1.51. The first-order chi connectivity index (χ1) is 6.70. The van der Waals surface area contributed by atoms with E-state index in [1.54, 1.807) is 0 Å². The van der Waals surface area contributed by atoms with Gasteiger partial charge in [0.1, 0.15) is 0 Å². The van der Waals surface area contributed by atoms with E-state index in [-0.39, 0.29) is 0 Å². The van der Waals surface area contributed by atoms with Gasteiger partial charge in [-0.05, 0) is 37.6 Å². The number of rotatable bonds is 5. The summed E-state index contributed by atoms with van der Waals surface area (Å²) in [7, 11) is 1.98. The van der Waals surface area contributed by atoms with Crippen LogP contribution in [0.25, 0.3) is 0 Å². The first-order valence-corrected chi connectivity index (χ1v) is 5.21. The van der Waals surface area contributed by atoms with Gasteiger partial charge in [-0.1, -0.05) is 13.8 Å². The first kappa shape index (κ1) is 11.3. The molecular formula is C11H21N3. The Morgan fingerprint density at radius 2 is 2.21 bits per heavy atom. The molecule has 0 aromatic carbocycles. The third-order valence-electron chi connectivity index (χ3n) is 2.82. The average molecular weight is 195 g/mol. The second kappa shape index (κ2) is 5.17. The highest BCUT2D eigenvalue weighted by atomic mass is 14.9. The molecule has 0 bridgehead atoms. The van der Waals surface area contributed by atoms with Crippen LogP contribution in [0.5, 0.6) is 0 Å². The molecule has 0 saturated heterocycles. The molecule has 1 aromatic rings. The van der Waals surface area contributed by atoms with Gasteiger partial charge in [0.25, 0.3) is 0 Å².